The minimum atomic E-state index is 0.629. The van der Waals surface area contributed by atoms with E-state index in [1.165, 1.54) is 38.1 Å². The van der Waals surface area contributed by atoms with Crippen molar-refractivity contribution in [2.45, 2.75) is 0 Å². The summed E-state index contributed by atoms with van der Waals surface area (Å²) >= 11 is 0. The zero-order valence-corrected chi connectivity index (χ0v) is 30.3. The van der Waals surface area contributed by atoms with Gasteiger partial charge in [-0.2, -0.15) is 0 Å². The van der Waals surface area contributed by atoms with Gasteiger partial charge in [0, 0.05) is 49.6 Å². The van der Waals surface area contributed by atoms with E-state index < -0.39 is 0 Å². The Balaban J connectivity index is 1.08. The molecule has 0 aliphatic rings. The van der Waals surface area contributed by atoms with Crippen LogP contribution in [0.4, 0.5) is 0 Å². The number of hydrogen-bond donors (Lipinski definition) is 0. The molecule has 5 nitrogen and oxygen atoms in total. The molecular formula is C51H33N5. The van der Waals surface area contributed by atoms with Crippen molar-refractivity contribution in [2.24, 2.45) is 0 Å². The maximum Gasteiger partial charge on any atom is 0.164 e. The van der Waals surface area contributed by atoms with Crippen LogP contribution in [0.1, 0.15) is 0 Å². The van der Waals surface area contributed by atoms with Crippen molar-refractivity contribution in [3.05, 3.63) is 200 Å². The van der Waals surface area contributed by atoms with Gasteiger partial charge in [-0.15, -0.1) is 0 Å². The average Bonchev–Trinajstić information content (AvgIpc) is 3.79. The molecule has 0 saturated carbocycles. The van der Waals surface area contributed by atoms with Crippen LogP contribution in [0, 0.1) is 0 Å². The molecule has 0 aliphatic carbocycles. The fourth-order valence-electron chi connectivity index (χ4n) is 8.16. The highest BCUT2D eigenvalue weighted by molar-refractivity contribution is 6.12. The second-order valence-electron chi connectivity index (χ2n) is 14.1. The normalized spacial score (nSPS) is 11.6. The van der Waals surface area contributed by atoms with Crippen molar-refractivity contribution >= 4 is 43.6 Å². The van der Waals surface area contributed by atoms with Gasteiger partial charge >= 0.3 is 0 Å². The predicted octanol–water partition coefficient (Wildman–Crippen LogP) is 12.7. The Labute approximate surface area is 323 Å². The van der Waals surface area contributed by atoms with E-state index >= 15 is 0 Å². The van der Waals surface area contributed by atoms with Gasteiger partial charge < -0.3 is 9.13 Å². The minimum Gasteiger partial charge on any atom is -0.309 e. The van der Waals surface area contributed by atoms with Crippen LogP contribution in [0.3, 0.4) is 0 Å². The number of para-hydroxylation sites is 3. The Kier molecular flexibility index (Phi) is 7.42. The van der Waals surface area contributed by atoms with Gasteiger partial charge in [0.25, 0.3) is 0 Å². The van der Waals surface area contributed by atoms with E-state index in [4.69, 9.17) is 15.0 Å². The molecule has 11 aromatic rings. The molecule has 262 valence electrons. The van der Waals surface area contributed by atoms with Crippen LogP contribution in [0.5, 0.6) is 0 Å². The Morgan fingerprint density at radius 2 is 0.696 bits per heavy atom. The van der Waals surface area contributed by atoms with E-state index in [0.29, 0.717) is 17.5 Å². The largest absolute Gasteiger partial charge is 0.309 e. The first-order valence-corrected chi connectivity index (χ1v) is 18.9. The van der Waals surface area contributed by atoms with Crippen LogP contribution in [0.15, 0.2) is 200 Å². The van der Waals surface area contributed by atoms with E-state index in [0.717, 1.165) is 44.7 Å². The number of rotatable bonds is 6. The average molecular weight is 716 g/mol. The summed E-state index contributed by atoms with van der Waals surface area (Å²) in [5.74, 6) is 1.92. The fraction of sp³-hybridized carbons (Fsp3) is 0. The zero-order chi connectivity index (χ0) is 37.0. The molecule has 11 rings (SSSR count). The molecule has 5 heteroatoms. The van der Waals surface area contributed by atoms with Gasteiger partial charge in [0.15, 0.2) is 17.5 Å². The summed E-state index contributed by atoms with van der Waals surface area (Å²) in [5.41, 5.74) is 12.0. The summed E-state index contributed by atoms with van der Waals surface area (Å²) in [7, 11) is 0. The fourth-order valence-corrected chi connectivity index (χ4v) is 8.16. The lowest BCUT2D eigenvalue weighted by Gasteiger charge is -2.12. The molecule has 3 aromatic heterocycles. The molecule has 0 fully saturated rings. The van der Waals surface area contributed by atoms with Crippen molar-refractivity contribution in [2.75, 3.05) is 0 Å². The SMILES string of the molecule is c1ccc(-c2nc(-c3ccccc3)nc(-c3cccc(-n4c5ccccc5c5ccc(-c6ccc7c(c6)c6ccccc6n7-c6ccccc6)cc54)c3)n2)cc1. The van der Waals surface area contributed by atoms with E-state index in [9.17, 15) is 0 Å². The van der Waals surface area contributed by atoms with E-state index in [1.54, 1.807) is 0 Å². The van der Waals surface area contributed by atoms with Crippen LogP contribution < -0.4 is 0 Å². The van der Waals surface area contributed by atoms with E-state index in [-0.39, 0.29) is 0 Å². The van der Waals surface area contributed by atoms with Crippen molar-refractivity contribution in [1.29, 1.82) is 0 Å². The zero-order valence-electron chi connectivity index (χ0n) is 30.3. The van der Waals surface area contributed by atoms with Gasteiger partial charge in [-0.1, -0.05) is 146 Å². The number of aromatic nitrogens is 5. The van der Waals surface area contributed by atoms with E-state index in [1.807, 2.05) is 60.7 Å². The molecule has 0 N–H and O–H groups in total. The molecule has 0 aliphatic heterocycles. The van der Waals surface area contributed by atoms with Gasteiger partial charge in [0.05, 0.1) is 22.1 Å². The van der Waals surface area contributed by atoms with Gasteiger partial charge in [0.2, 0.25) is 0 Å². The number of nitrogens with zero attached hydrogens (tertiary/aromatic N) is 5. The van der Waals surface area contributed by atoms with Gasteiger partial charge in [-0.3, -0.25) is 0 Å². The summed E-state index contributed by atoms with van der Waals surface area (Å²) in [5, 5.41) is 4.88. The highest BCUT2D eigenvalue weighted by atomic mass is 15.0. The predicted molar refractivity (Wildman–Crippen MR) is 230 cm³/mol. The lowest BCUT2D eigenvalue weighted by molar-refractivity contribution is 1.07. The van der Waals surface area contributed by atoms with Crippen molar-refractivity contribution in [1.82, 2.24) is 24.1 Å². The Morgan fingerprint density at radius 3 is 1.36 bits per heavy atom. The monoisotopic (exact) mass is 715 g/mol. The third-order valence-electron chi connectivity index (χ3n) is 10.8. The second-order valence-corrected chi connectivity index (χ2v) is 14.1. The molecule has 0 spiro atoms. The van der Waals surface area contributed by atoms with Crippen LogP contribution in [0.2, 0.25) is 0 Å². The summed E-state index contributed by atoms with van der Waals surface area (Å²) in [4.78, 5) is 15.0. The first-order valence-electron chi connectivity index (χ1n) is 18.9. The molecule has 0 bridgehead atoms. The third kappa shape index (κ3) is 5.29. The van der Waals surface area contributed by atoms with Crippen molar-refractivity contribution < 1.29 is 0 Å². The van der Waals surface area contributed by atoms with Crippen LogP contribution in [-0.4, -0.2) is 24.1 Å². The lowest BCUT2D eigenvalue weighted by atomic mass is 10.0. The molecule has 0 saturated heterocycles. The standard InChI is InChI=1S/C51H33N5/c1-4-15-34(16-5-1)49-52-50(35-17-6-2-7-18-35)54-51(53-49)38-19-14-22-40(31-38)56-45-25-12-10-23-41(45)43-29-27-37(33-48(43)56)36-28-30-47-44(32-36)42-24-11-13-26-46(42)55(47)39-20-8-3-9-21-39/h1-33H. The number of fused-ring (bicyclic) bond motifs is 6. The first-order chi connectivity index (χ1) is 27.8. The topological polar surface area (TPSA) is 48.5 Å². The van der Waals surface area contributed by atoms with Crippen LogP contribution in [-0.2, 0) is 0 Å². The molecule has 3 heterocycles. The number of hydrogen-bond acceptors (Lipinski definition) is 3. The highest BCUT2D eigenvalue weighted by Crippen LogP contribution is 2.38. The Hall–Kier alpha value is -7.63. The molecule has 56 heavy (non-hydrogen) atoms. The molecular weight excluding hydrogens is 683 g/mol. The smallest absolute Gasteiger partial charge is 0.164 e. The summed E-state index contributed by atoms with van der Waals surface area (Å²) in [6.45, 7) is 0. The molecule has 0 radical (unpaired) electrons. The summed E-state index contributed by atoms with van der Waals surface area (Å²) in [6, 6.07) is 70.5. The Bertz CT molecular complexity index is 3180. The molecule has 0 atom stereocenters. The lowest BCUT2D eigenvalue weighted by Crippen LogP contribution is -2.01. The van der Waals surface area contributed by atoms with Crippen molar-refractivity contribution in [3.8, 4) is 56.7 Å². The maximum absolute atomic E-state index is 5.03. The molecule has 0 amide bonds. The van der Waals surface area contributed by atoms with Crippen LogP contribution in [0.25, 0.3) is 100 Å². The number of benzene rings is 8. The highest BCUT2D eigenvalue weighted by Gasteiger charge is 2.18. The van der Waals surface area contributed by atoms with Crippen molar-refractivity contribution in [3.63, 3.8) is 0 Å². The summed E-state index contributed by atoms with van der Waals surface area (Å²) < 4.78 is 4.73. The van der Waals surface area contributed by atoms with E-state index in [2.05, 4.69) is 149 Å². The maximum atomic E-state index is 5.03. The second kappa shape index (κ2) is 13.0. The molecule has 8 aromatic carbocycles. The molecule has 0 unspecified atom stereocenters. The van der Waals surface area contributed by atoms with Gasteiger partial charge in [-0.25, -0.2) is 15.0 Å². The Morgan fingerprint density at radius 1 is 0.250 bits per heavy atom. The quantitative estimate of drug-likeness (QED) is 0.172. The van der Waals surface area contributed by atoms with Crippen LogP contribution >= 0.6 is 0 Å². The summed E-state index contributed by atoms with van der Waals surface area (Å²) in [6.07, 6.45) is 0. The minimum absolute atomic E-state index is 0.629. The first kappa shape index (κ1) is 31.9. The van der Waals surface area contributed by atoms with Gasteiger partial charge in [0.1, 0.15) is 0 Å². The van der Waals surface area contributed by atoms with Gasteiger partial charge in [-0.05, 0) is 65.7 Å². The third-order valence-corrected chi connectivity index (χ3v) is 10.8.